The van der Waals surface area contributed by atoms with Gasteiger partial charge in [-0.25, -0.2) is 4.39 Å². The molecule has 1 N–H and O–H groups in total. The van der Waals surface area contributed by atoms with Crippen LogP contribution in [-0.4, -0.2) is 45.0 Å². The predicted octanol–water partition coefficient (Wildman–Crippen LogP) is 3.26. The molecule has 30 heavy (non-hydrogen) atoms. The average molecular weight is 452 g/mol. The fourth-order valence-electron chi connectivity index (χ4n) is 3.40. The van der Waals surface area contributed by atoms with Crippen molar-refractivity contribution in [2.24, 2.45) is 5.92 Å². The Morgan fingerprint density at radius 1 is 1.20 bits per heavy atom. The zero-order valence-electron chi connectivity index (χ0n) is 17.0. The summed E-state index contributed by atoms with van der Waals surface area (Å²) in [5.41, 5.74) is 1.37. The van der Waals surface area contributed by atoms with Crippen LogP contribution in [0.3, 0.4) is 0 Å². The molecule has 1 amide bonds. The molecule has 0 unspecified atom stereocenters. The third-order valence-electron chi connectivity index (χ3n) is 5.24. The number of anilines is 1. The van der Waals surface area contributed by atoms with E-state index < -0.39 is 21.9 Å². The molecule has 6 nitrogen and oxygen atoms in total. The summed E-state index contributed by atoms with van der Waals surface area (Å²) in [5, 5.41) is 2.92. The lowest BCUT2D eigenvalue weighted by atomic mass is 9.99. The van der Waals surface area contributed by atoms with E-state index in [-0.39, 0.29) is 12.5 Å². The maximum Gasteiger partial charge on any atom is 0.303 e. The molecule has 1 atom stereocenters. The van der Waals surface area contributed by atoms with Crippen molar-refractivity contribution < 1.29 is 17.6 Å². The van der Waals surface area contributed by atoms with Gasteiger partial charge in [0.1, 0.15) is 5.82 Å². The van der Waals surface area contributed by atoms with Gasteiger partial charge in [0.15, 0.2) is 0 Å². The first-order valence-corrected chi connectivity index (χ1v) is 12.3. The van der Waals surface area contributed by atoms with Crippen molar-refractivity contribution in [3.63, 3.8) is 0 Å². The zero-order chi connectivity index (χ0) is 21.7. The van der Waals surface area contributed by atoms with Gasteiger partial charge >= 0.3 is 10.2 Å². The van der Waals surface area contributed by atoms with Gasteiger partial charge in [0.25, 0.3) is 0 Å². The summed E-state index contributed by atoms with van der Waals surface area (Å²) in [7, 11) is -2.37. The maximum absolute atomic E-state index is 13.2. The summed E-state index contributed by atoms with van der Waals surface area (Å²) < 4.78 is 41.6. The highest BCUT2D eigenvalue weighted by Gasteiger charge is 2.34. The second-order valence-corrected chi connectivity index (χ2v) is 10.1. The van der Waals surface area contributed by atoms with Crippen molar-refractivity contribution in [3.05, 3.63) is 59.9 Å². The van der Waals surface area contributed by atoms with Crippen LogP contribution in [0.2, 0.25) is 0 Å². The molecule has 3 rings (SSSR count). The number of hydrogen-bond acceptors (Lipinski definition) is 4. The Kier molecular flexibility index (Phi) is 7.38. The molecule has 1 heterocycles. The van der Waals surface area contributed by atoms with Crippen molar-refractivity contribution >= 4 is 33.6 Å². The lowest BCUT2D eigenvalue weighted by Gasteiger charge is -2.34. The molecule has 1 aliphatic rings. The Morgan fingerprint density at radius 2 is 1.87 bits per heavy atom. The van der Waals surface area contributed by atoms with Crippen LogP contribution in [0, 0.1) is 11.7 Å². The second-order valence-electron chi connectivity index (χ2n) is 7.21. The van der Waals surface area contributed by atoms with Crippen molar-refractivity contribution in [1.82, 2.24) is 9.62 Å². The maximum atomic E-state index is 13.2. The van der Waals surface area contributed by atoms with E-state index in [2.05, 4.69) is 5.32 Å². The number of benzene rings is 2. The minimum atomic E-state index is -3.81. The Morgan fingerprint density at radius 3 is 2.50 bits per heavy atom. The lowest BCUT2D eigenvalue weighted by Crippen LogP contribution is -2.49. The molecule has 9 heteroatoms. The quantitative estimate of drug-likeness (QED) is 0.656. The van der Waals surface area contributed by atoms with E-state index in [0.717, 1.165) is 14.8 Å². The molecule has 0 aromatic heterocycles. The first-order valence-electron chi connectivity index (χ1n) is 9.71. The molecule has 2 aromatic carbocycles. The monoisotopic (exact) mass is 451 g/mol. The molecule has 0 radical (unpaired) electrons. The van der Waals surface area contributed by atoms with Gasteiger partial charge in [-0.15, -0.1) is 11.8 Å². The van der Waals surface area contributed by atoms with E-state index in [9.17, 15) is 17.6 Å². The van der Waals surface area contributed by atoms with Crippen LogP contribution in [-0.2, 0) is 21.5 Å². The highest BCUT2D eigenvalue weighted by atomic mass is 32.2. The van der Waals surface area contributed by atoms with Crippen LogP contribution in [0.5, 0.6) is 0 Å². The molecule has 1 saturated heterocycles. The van der Waals surface area contributed by atoms with Crippen LogP contribution in [0.15, 0.2) is 53.4 Å². The SMILES string of the molecule is CSc1ccc(CNC(=O)[C@@H]2CCCN(S(=O)(=O)N(C)c3ccc(F)cc3)C2)cc1. The number of hydrogen-bond donors (Lipinski definition) is 1. The van der Waals surface area contributed by atoms with Gasteiger partial charge in [0, 0.05) is 31.6 Å². The number of nitrogens with zero attached hydrogens (tertiary/aromatic N) is 2. The molecule has 2 aromatic rings. The minimum Gasteiger partial charge on any atom is -0.352 e. The summed E-state index contributed by atoms with van der Waals surface area (Å²) in [4.78, 5) is 13.8. The summed E-state index contributed by atoms with van der Waals surface area (Å²) in [6.07, 6.45) is 3.26. The molecule has 1 fully saturated rings. The third kappa shape index (κ3) is 5.33. The minimum absolute atomic E-state index is 0.130. The van der Waals surface area contributed by atoms with Gasteiger partial charge in [0.05, 0.1) is 11.6 Å². The van der Waals surface area contributed by atoms with Gasteiger partial charge < -0.3 is 5.32 Å². The average Bonchev–Trinajstić information content (AvgIpc) is 2.78. The summed E-state index contributed by atoms with van der Waals surface area (Å²) in [6.45, 7) is 0.894. The Labute approximate surface area is 181 Å². The standard InChI is InChI=1S/C21H26FN3O3S2/c1-24(19-9-7-18(22)8-10-19)30(27,28)25-13-3-4-17(15-25)21(26)23-14-16-5-11-20(29-2)12-6-16/h5-12,17H,3-4,13-15H2,1-2H3,(H,23,26)/t17-/m1/s1. The highest BCUT2D eigenvalue weighted by Crippen LogP contribution is 2.24. The van der Waals surface area contributed by atoms with E-state index in [0.29, 0.717) is 31.6 Å². The molecule has 1 aliphatic heterocycles. The summed E-state index contributed by atoms with van der Waals surface area (Å²) in [6, 6.07) is 13.2. The second kappa shape index (κ2) is 9.80. The van der Waals surface area contributed by atoms with Gasteiger partial charge in [-0.2, -0.15) is 12.7 Å². The van der Waals surface area contributed by atoms with Gasteiger partial charge in [0.2, 0.25) is 5.91 Å². The third-order valence-corrected chi connectivity index (χ3v) is 7.87. The van der Waals surface area contributed by atoms with Crippen LogP contribution in [0.25, 0.3) is 0 Å². The Balaban J connectivity index is 1.61. The number of halogens is 1. The van der Waals surface area contributed by atoms with Crippen molar-refractivity contribution in [3.8, 4) is 0 Å². The first kappa shape index (κ1) is 22.6. The van der Waals surface area contributed by atoms with E-state index in [1.807, 2.05) is 30.5 Å². The van der Waals surface area contributed by atoms with E-state index in [1.54, 1.807) is 11.8 Å². The molecule has 0 saturated carbocycles. The lowest BCUT2D eigenvalue weighted by molar-refractivity contribution is -0.126. The van der Waals surface area contributed by atoms with E-state index >= 15 is 0 Å². The fraction of sp³-hybridized carbons (Fsp3) is 0.381. The number of rotatable bonds is 7. The van der Waals surface area contributed by atoms with Crippen molar-refractivity contribution in [1.29, 1.82) is 0 Å². The molecular weight excluding hydrogens is 425 g/mol. The number of nitrogens with one attached hydrogen (secondary N) is 1. The Bertz CT molecular complexity index is 966. The van der Waals surface area contributed by atoms with Gasteiger partial charge in [-0.3, -0.25) is 9.10 Å². The van der Waals surface area contributed by atoms with E-state index in [4.69, 9.17) is 0 Å². The highest BCUT2D eigenvalue weighted by molar-refractivity contribution is 7.98. The number of thioether (sulfide) groups is 1. The normalized spacial score (nSPS) is 17.5. The number of carbonyl (C=O) groups excluding carboxylic acids is 1. The van der Waals surface area contributed by atoms with Gasteiger partial charge in [-0.05, 0) is 61.1 Å². The molecule has 162 valence electrons. The molecule has 0 bridgehead atoms. The summed E-state index contributed by atoms with van der Waals surface area (Å²) >= 11 is 1.66. The van der Waals surface area contributed by atoms with Crippen LogP contribution >= 0.6 is 11.8 Å². The number of amides is 1. The Hall–Kier alpha value is -2.10. The largest absolute Gasteiger partial charge is 0.352 e. The molecule has 0 spiro atoms. The molecule has 0 aliphatic carbocycles. The first-order chi connectivity index (χ1) is 14.3. The summed E-state index contributed by atoms with van der Waals surface area (Å²) in [5.74, 6) is -0.976. The van der Waals surface area contributed by atoms with Crippen molar-refractivity contribution in [2.45, 2.75) is 24.3 Å². The predicted molar refractivity (Wildman–Crippen MR) is 118 cm³/mol. The number of carbonyl (C=O) groups is 1. The molecular formula is C21H26FN3O3S2. The van der Waals surface area contributed by atoms with Crippen molar-refractivity contribution in [2.75, 3.05) is 30.7 Å². The van der Waals surface area contributed by atoms with Crippen LogP contribution < -0.4 is 9.62 Å². The van der Waals surface area contributed by atoms with Crippen LogP contribution in [0.4, 0.5) is 10.1 Å². The topological polar surface area (TPSA) is 69.7 Å². The zero-order valence-corrected chi connectivity index (χ0v) is 18.7. The van der Waals surface area contributed by atoms with Gasteiger partial charge in [-0.1, -0.05) is 12.1 Å². The van der Waals surface area contributed by atoms with Crippen LogP contribution in [0.1, 0.15) is 18.4 Å². The number of piperidine rings is 1. The smallest absolute Gasteiger partial charge is 0.303 e. The van der Waals surface area contributed by atoms with E-state index in [1.165, 1.54) is 35.6 Å². The fourth-order valence-corrected chi connectivity index (χ4v) is 5.27.